The van der Waals surface area contributed by atoms with E-state index in [1.54, 1.807) is 0 Å². The summed E-state index contributed by atoms with van der Waals surface area (Å²) in [4.78, 5) is 2.21. The topological polar surface area (TPSA) is 39.1 Å². The van der Waals surface area contributed by atoms with E-state index in [0.717, 1.165) is 26.2 Å². The highest BCUT2D eigenvalue weighted by molar-refractivity contribution is 5.16. The average Bonchev–Trinajstić information content (AvgIpc) is 1.96. The summed E-state index contributed by atoms with van der Waals surface area (Å²) in [5, 5.41) is 12.1. The summed E-state index contributed by atoms with van der Waals surface area (Å²) in [6, 6.07) is 2.38. The lowest BCUT2D eigenvalue weighted by Gasteiger charge is -2.44. The minimum atomic E-state index is -0.191. The first-order chi connectivity index (χ1) is 5.29. The van der Waals surface area contributed by atoms with Crippen molar-refractivity contribution in [2.75, 3.05) is 26.2 Å². The van der Waals surface area contributed by atoms with E-state index in [4.69, 9.17) is 5.26 Å². The van der Waals surface area contributed by atoms with Crippen molar-refractivity contribution in [2.45, 2.75) is 19.4 Å². The number of nitriles is 1. The lowest BCUT2D eigenvalue weighted by Crippen LogP contribution is -2.68. The first kappa shape index (κ1) is 8.51. The Labute approximate surface area is 68.0 Å². The lowest BCUT2D eigenvalue weighted by atomic mass is 9.92. The summed E-state index contributed by atoms with van der Waals surface area (Å²) in [5.41, 5.74) is -0.191. The van der Waals surface area contributed by atoms with Crippen LogP contribution in [0.15, 0.2) is 0 Å². The van der Waals surface area contributed by atoms with Crippen molar-refractivity contribution in [3.8, 4) is 6.07 Å². The molecule has 0 atom stereocenters. The summed E-state index contributed by atoms with van der Waals surface area (Å²) in [5.74, 6) is 0. The zero-order valence-electron chi connectivity index (χ0n) is 7.22. The molecule has 0 aromatic carbocycles. The molecule has 0 amide bonds. The maximum atomic E-state index is 8.94. The van der Waals surface area contributed by atoms with Gasteiger partial charge in [0.1, 0.15) is 5.54 Å². The van der Waals surface area contributed by atoms with Crippen LogP contribution in [0.5, 0.6) is 0 Å². The molecule has 1 heterocycles. The lowest BCUT2D eigenvalue weighted by molar-refractivity contribution is 0.0974. The van der Waals surface area contributed by atoms with Crippen molar-refractivity contribution in [1.29, 1.82) is 5.26 Å². The molecular weight excluding hydrogens is 138 g/mol. The van der Waals surface area contributed by atoms with Crippen LogP contribution in [-0.4, -0.2) is 36.6 Å². The van der Waals surface area contributed by atoms with Gasteiger partial charge in [-0.2, -0.15) is 5.26 Å². The average molecular weight is 153 g/mol. The highest BCUT2D eigenvalue weighted by Gasteiger charge is 2.41. The smallest absolute Gasteiger partial charge is 0.134 e. The Morgan fingerprint density at radius 2 is 2.00 bits per heavy atom. The highest BCUT2D eigenvalue weighted by atomic mass is 15.3. The van der Waals surface area contributed by atoms with Gasteiger partial charge in [0, 0.05) is 13.1 Å². The van der Waals surface area contributed by atoms with Gasteiger partial charge in [-0.1, -0.05) is 13.8 Å². The van der Waals surface area contributed by atoms with E-state index in [0.29, 0.717) is 0 Å². The second kappa shape index (κ2) is 3.21. The number of rotatable bonds is 3. The van der Waals surface area contributed by atoms with Crippen molar-refractivity contribution in [1.82, 2.24) is 10.2 Å². The molecule has 0 aromatic rings. The van der Waals surface area contributed by atoms with E-state index in [2.05, 4.69) is 30.1 Å². The molecule has 3 heteroatoms. The molecule has 0 radical (unpaired) electrons. The predicted molar refractivity (Wildman–Crippen MR) is 44.1 cm³/mol. The molecule has 0 aromatic heterocycles. The summed E-state index contributed by atoms with van der Waals surface area (Å²) >= 11 is 0. The van der Waals surface area contributed by atoms with Gasteiger partial charge in [0.2, 0.25) is 0 Å². The van der Waals surface area contributed by atoms with E-state index in [1.807, 2.05) is 0 Å². The Morgan fingerprint density at radius 3 is 2.09 bits per heavy atom. The van der Waals surface area contributed by atoms with Crippen LogP contribution in [0.1, 0.15) is 13.8 Å². The standard InChI is InChI=1S/C8H15N3/c1-3-11(4-2)8(5-9)6-10-7-8/h10H,3-4,6-7H2,1-2H3. The van der Waals surface area contributed by atoms with Crippen LogP contribution in [0.3, 0.4) is 0 Å². The van der Waals surface area contributed by atoms with E-state index in [-0.39, 0.29) is 5.54 Å². The molecule has 0 aliphatic carbocycles. The molecule has 0 saturated carbocycles. The largest absolute Gasteiger partial charge is 0.311 e. The minimum absolute atomic E-state index is 0.191. The van der Waals surface area contributed by atoms with E-state index >= 15 is 0 Å². The van der Waals surface area contributed by atoms with Gasteiger partial charge in [-0.05, 0) is 13.1 Å². The fourth-order valence-electron chi connectivity index (χ4n) is 1.56. The third-order valence-corrected chi connectivity index (χ3v) is 2.41. The molecule has 1 N–H and O–H groups in total. The molecule has 0 unspecified atom stereocenters. The van der Waals surface area contributed by atoms with E-state index < -0.39 is 0 Å². The fraction of sp³-hybridized carbons (Fsp3) is 0.875. The maximum absolute atomic E-state index is 8.94. The molecular formula is C8H15N3. The van der Waals surface area contributed by atoms with Gasteiger partial charge in [0.15, 0.2) is 0 Å². The van der Waals surface area contributed by atoms with E-state index in [9.17, 15) is 0 Å². The second-order valence-electron chi connectivity index (χ2n) is 2.92. The zero-order valence-corrected chi connectivity index (χ0v) is 7.22. The Hall–Kier alpha value is -0.590. The Bertz CT molecular complexity index is 163. The molecule has 1 saturated heterocycles. The zero-order chi connectivity index (χ0) is 8.32. The number of hydrogen-bond acceptors (Lipinski definition) is 3. The number of likely N-dealkylation sites (N-methyl/N-ethyl adjacent to an activating group) is 1. The van der Waals surface area contributed by atoms with Gasteiger partial charge < -0.3 is 5.32 Å². The molecule has 3 nitrogen and oxygen atoms in total. The molecule has 0 spiro atoms. The van der Waals surface area contributed by atoms with Crippen molar-refractivity contribution in [2.24, 2.45) is 0 Å². The predicted octanol–water partition coefficient (Wildman–Crippen LogP) is 0.194. The van der Waals surface area contributed by atoms with Crippen molar-refractivity contribution in [3.05, 3.63) is 0 Å². The van der Waals surface area contributed by atoms with Gasteiger partial charge in [-0.25, -0.2) is 0 Å². The molecule has 1 aliphatic rings. The summed E-state index contributed by atoms with van der Waals surface area (Å²) in [7, 11) is 0. The van der Waals surface area contributed by atoms with Crippen molar-refractivity contribution < 1.29 is 0 Å². The molecule has 1 aliphatic heterocycles. The van der Waals surface area contributed by atoms with Crippen LogP contribution in [-0.2, 0) is 0 Å². The van der Waals surface area contributed by atoms with Gasteiger partial charge in [-0.15, -0.1) is 0 Å². The number of nitrogens with one attached hydrogen (secondary N) is 1. The third kappa shape index (κ3) is 1.24. The van der Waals surface area contributed by atoms with Crippen molar-refractivity contribution >= 4 is 0 Å². The monoisotopic (exact) mass is 153 g/mol. The quantitative estimate of drug-likeness (QED) is 0.629. The van der Waals surface area contributed by atoms with Crippen LogP contribution < -0.4 is 5.32 Å². The van der Waals surface area contributed by atoms with Crippen molar-refractivity contribution in [3.63, 3.8) is 0 Å². The summed E-state index contributed by atoms with van der Waals surface area (Å²) in [6.45, 7) is 7.77. The number of nitrogens with zero attached hydrogens (tertiary/aromatic N) is 2. The third-order valence-electron chi connectivity index (χ3n) is 2.41. The molecule has 11 heavy (non-hydrogen) atoms. The minimum Gasteiger partial charge on any atom is -0.311 e. The highest BCUT2D eigenvalue weighted by Crippen LogP contribution is 2.18. The Kier molecular flexibility index (Phi) is 2.48. The normalized spacial score (nSPS) is 20.9. The SMILES string of the molecule is CCN(CC)C1(C#N)CNC1. The maximum Gasteiger partial charge on any atom is 0.134 e. The molecule has 1 rings (SSSR count). The van der Waals surface area contributed by atoms with Gasteiger partial charge in [0.25, 0.3) is 0 Å². The Morgan fingerprint density at radius 1 is 1.45 bits per heavy atom. The van der Waals surface area contributed by atoms with Crippen LogP contribution in [0, 0.1) is 11.3 Å². The van der Waals surface area contributed by atoms with Crippen LogP contribution in [0.2, 0.25) is 0 Å². The summed E-state index contributed by atoms with van der Waals surface area (Å²) < 4.78 is 0. The number of hydrogen-bond donors (Lipinski definition) is 1. The van der Waals surface area contributed by atoms with Gasteiger partial charge in [0.05, 0.1) is 6.07 Å². The Balaban J connectivity index is 2.61. The van der Waals surface area contributed by atoms with Gasteiger partial charge >= 0.3 is 0 Å². The van der Waals surface area contributed by atoms with E-state index in [1.165, 1.54) is 0 Å². The molecule has 0 bridgehead atoms. The second-order valence-corrected chi connectivity index (χ2v) is 2.92. The molecule has 1 fully saturated rings. The fourth-order valence-corrected chi connectivity index (χ4v) is 1.56. The first-order valence-corrected chi connectivity index (χ1v) is 4.16. The van der Waals surface area contributed by atoms with Crippen LogP contribution in [0.25, 0.3) is 0 Å². The summed E-state index contributed by atoms with van der Waals surface area (Å²) in [6.07, 6.45) is 0. The van der Waals surface area contributed by atoms with Crippen LogP contribution >= 0.6 is 0 Å². The van der Waals surface area contributed by atoms with Gasteiger partial charge in [-0.3, -0.25) is 4.90 Å². The first-order valence-electron chi connectivity index (χ1n) is 4.16. The molecule has 62 valence electrons. The van der Waals surface area contributed by atoms with Crippen LogP contribution in [0.4, 0.5) is 0 Å².